The predicted octanol–water partition coefficient (Wildman–Crippen LogP) is 3.76. The molecule has 1 saturated carbocycles. The van der Waals surface area contributed by atoms with Crippen LogP contribution in [0.2, 0.25) is 0 Å². The second-order valence-electron chi connectivity index (χ2n) is 10.6. The van der Waals surface area contributed by atoms with Crippen LogP contribution in [0, 0.1) is 35.0 Å². The molecule has 4 rings (SSSR count). The van der Waals surface area contributed by atoms with E-state index in [9.17, 15) is 20.1 Å². The topological polar surface area (TPSA) is 89.8 Å². The van der Waals surface area contributed by atoms with Gasteiger partial charge in [-0.05, 0) is 60.3 Å². The molecule has 0 aromatic heterocycles. The number of benzene rings is 1. The summed E-state index contributed by atoms with van der Waals surface area (Å²) in [6, 6.07) is 6.79. The molecule has 2 aliphatic carbocycles. The summed E-state index contributed by atoms with van der Waals surface area (Å²) in [5.74, 6) is -0.214. The van der Waals surface area contributed by atoms with Crippen LogP contribution in [0.15, 0.2) is 60.7 Å². The van der Waals surface area contributed by atoms with Crippen LogP contribution < -0.4 is 5.32 Å². The highest BCUT2D eigenvalue weighted by Gasteiger charge is 2.67. The van der Waals surface area contributed by atoms with Gasteiger partial charge in [0.25, 0.3) is 0 Å². The number of carbonyl (C=O) groups excluding carboxylic acids is 1. The maximum absolute atomic E-state index is 13.8. The number of aliphatic hydroxyl groups excluding tert-OH is 2. The second-order valence-corrected chi connectivity index (χ2v) is 10.6. The van der Waals surface area contributed by atoms with Gasteiger partial charge >= 0.3 is 0 Å². The summed E-state index contributed by atoms with van der Waals surface area (Å²) in [7, 11) is 0. The van der Waals surface area contributed by atoms with Crippen LogP contribution in [0.25, 0.3) is 0 Å². The van der Waals surface area contributed by atoms with Gasteiger partial charge in [-0.25, -0.2) is 0 Å². The zero-order valence-electron chi connectivity index (χ0n) is 19.8. The first-order valence-electron chi connectivity index (χ1n) is 12.1. The van der Waals surface area contributed by atoms with Gasteiger partial charge in [-0.1, -0.05) is 63.8 Å². The van der Waals surface area contributed by atoms with Crippen LogP contribution in [-0.4, -0.2) is 39.5 Å². The molecule has 1 aromatic rings. The molecule has 3 aliphatic rings. The fraction of sp³-hybridized carbons (Fsp3) is 0.536. The minimum absolute atomic E-state index is 0.157. The van der Waals surface area contributed by atoms with Gasteiger partial charge < -0.3 is 20.6 Å². The number of phenols is 1. The van der Waals surface area contributed by atoms with Gasteiger partial charge in [0, 0.05) is 17.9 Å². The molecule has 1 saturated heterocycles. The van der Waals surface area contributed by atoms with Crippen molar-refractivity contribution in [3.63, 3.8) is 0 Å². The number of rotatable bonds is 2. The van der Waals surface area contributed by atoms with Gasteiger partial charge in [-0.2, -0.15) is 0 Å². The highest BCUT2D eigenvalue weighted by molar-refractivity contribution is 5.88. The van der Waals surface area contributed by atoms with Crippen molar-refractivity contribution in [3.05, 3.63) is 66.3 Å². The van der Waals surface area contributed by atoms with E-state index >= 15 is 0 Å². The van der Waals surface area contributed by atoms with Gasteiger partial charge in [0.15, 0.2) is 0 Å². The Morgan fingerprint density at radius 2 is 1.79 bits per heavy atom. The van der Waals surface area contributed by atoms with E-state index in [1.54, 1.807) is 18.2 Å². The molecule has 1 aromatic carbocycles. The summed E-state index contributed by atoms with van der Waals surface area (Å²) in [5.41, 5.74) is 0.530. The number of amides is 1. The van der Waals surface area contributed by atoms with Crippen LogP contribution in [0.1, 0.15) is 39.2 Å². The Kier molecular flexibility index (Phi) is 6.56. The molecule has 1 amide bonds. The van der Waals surface area contributed by atoms with Crippen molar-refractivity contribution in [2.24, 2.45) is 35.0 Å². The Labute approximate surface area is 196 Å². The molecule has 9 atom stereocenters. The van der Waals surface area contributed by atoms with Crippen molar-refractivity contribution in [2.75, 3.05) is 0 Å². The van der Waals surface area contributed by atoms with E-state index in [0.717, 1.165) is 18.4 Å². The summed E-state index contributed by atoms with van der Waals surface area (Å²) in [6.45, 7) is 10.6. The molecule has 5 heteroatoms. The van der Waals surface area contributed by atoms with Gasteiger partial charge in [0.2, 0.25) is 5.91 Å². The summed E-state index contributed by atoms with van der Waals surface area (Å²) in [5, 5.41) is 35.8. The van der Waals surface area contributed by atoms with Crippen molar-refractivity contribution in [2.45, 2.75) is 58.3 Å². The quantitative estimate of drug-likeness (QED) is 0.516. The number of allylic oxidation sites excluding steroid dienone is 2. The van der Waals surface area contributed by atoms with Crippen LogP contribution in [-0.2, 0) is 11.2 Å². The Morgan fingerprint density at radius 1 is 1.09 bits per heavy atom. The van der Waals surface area contributed by atoms with Crippen molar-refractivity contribution in [1.82, 2.24) is 5.32 Å². The van der Waals surface area contributed by atoms with E-state index in [1.165, 1.54) is 0 Å². The van der Waals surface area contributed by atoms with E-state index < -0.39 is 23.5 Å². The lowest BCUT2D eigenvalue weighted by molar-refractivity contribution is -0.147. The first-order valence-corrected chi connectivity index (χ1v) is 12.1. The Hall–Kier alpha value is -2.37. The largest absolute Gasteiger partial charge is 0.508 e. The summed E-state index contributed by atoms with van der Waals surface area (Å²) in [6.07, 6.45) is 8.35. The van der Waals surface area contributed by atoms with Gasteiger partial charge in [0.05, 0.1) is 17.6 Å². The summed E-state index contributed by atoms with van der Waals surface area (Å²) < 4.78 is 0. The minimum atomic E-state index is -1.18. The molecule has 178 valence electrons. The van der Waals surface area contributed by atoms with Crippen molar-refractivity contribution < 1.29 is 20.1 Å². The average molecular weight is 452 g/mol. The maximum Gasteiger partial charge on any atom is 0.230 e. The number of nitrogens with one attached hydrogen (secondary N) is 1. The van der Waals surface area contributed by atoms with Crippen molar-refractivity contribution >= 4 is 5.91 Å². The van der Waals surface area contributed by atoms with Crippen LogP contribution in [0.5, 0.6) is 5.75 Å². The lowest BCUT2D eigenvalue weighted by Crippen LogP contribution is -2.59. The molecule has 5 nitrogen and oxygen atoms in total. The highest BCUT2D eigenvalue weighted by Crippen LogP contribution is 2.57. The minimum Gasteiger partial charge on any atom is -0.508 e. The first kappa shape index (κ1) is 23.8. The third-order valence-corrected chi connectivity index (χ3v) is 8.25. The molecule has 1 aliphatic heterocycles. The molecule has 9 unspecified atom stereocenters. The zero-order chi connectivity index (χ0) is 23.9. The first-order chi connectivity index (χ1) is 15.7. The van der Waals surface area contributed by atoms with E-state index in [1.807, 2.05) is 31.2 Å². The SMILES string of the molecule is C=C1C(C)C2C(Cc3ccc(O)cc3)NC(=O)C23C(O)C=CC(C)CC(C)CC=CC3C1O. The third-order valence-electron chi connectivity index (χ3n) is 8.25. The molecule has 0 bridgehead atoms. The van der Waals surface area contributed by atoms with Gasteiger partial charge in [-0.3, -0.25) is 4.79 Å². The molecule has 2 fully saturated rings. The molecule has 0 radical (unpaired) electrons. The van der Waals surface area contributed by atoms with Gasteiger partial charge in [0.1, 0.15) is 5.75 Å². The number of phenolic OH excluding ortho intramolecular Hbond substituents is 1. The predicted molar refractivity (Wildman–Crippen MR) is 129 cm³/mol. The fourth-order valence-corrected chi connectivity index (χ4v) is 6.57. The zero-order valence-corrected chi connectivity index (χ0v) is 19.8. The average Bonchev–Trinajstić information content (AvgIpc) is 3.05. The number of hydrogen-bond acceptors (Lipinski definition) is 4. The van der Waals surface area contributed by atoms with Crippen molar-refractivity contribution in [3.8, 4) is 5.75 Å². The van der Waals surface area contributed by atoms with E-state index in [-0.39, 0.29) is 35.5 Å². The lowest BCUT2D eigenvalue weighted by atomic mass is 9.51. The molecule has 33 heavy (non-hydrogen) atoms. The third kappa shape index (κ3) is 4.06. The number of aliphatic hydroxyl groups is 2. The lowest BCUT2D eigenvalue weighted by Gasteiger charge is -2.51. The summed E-state index contributed by atoms with van der Waals surface area (Å²) >= 11 is 0. The monoisotopic (exact) mass is 451 g/mol. The van der Waals surface area contributed by atoms with Crippen LogP contribution in [0.3, 0.4) is 0 Å². The second kappa shape index (κ2) is 9.11. The Bertz CT molecular complexity index is 951. The van der Waals surface area contributed by atoms with E-state index in [4.69, 9.17) is 0 Å². The van der Waals surface area contributed by atoms with Crippen LogP contribution >= 0.6 is 0 Å². The smallest absolute Gasteiger partial charge is 0.230 e. The summed E-state index contributed by atoms with van der Waals surface area (Å²) in [4.78, 5) is 13.8. The molecular formula is C28H37NO4. The normalized spacial score (nSPS) is 41.1. The number of carbonyl (C=O) groups is 1. The highest BCUT2D eigenvalue weighted by atomic mass is 16.3. The number of hydrogen-bond donors (Lipinski definition) is 4. The molecule has 1 heterocycles. The number of aromatic hydroxyl groups is 1. The molecule has 1 spiro atoms. The fourth-order valence-electron chi connectivity index (χ4n) is 6.57. The van der Waals surface area contributed by atoms with Gasteiger partial charge in [-0.15, -0.1) is 0 Å². The van der Waals surface area contributed by atoms with E-state index in [2.05, 4.69) is 31.8 Å². The molecular weight excluding hydrogens is 414 g/mol. The van der Waals surface area contributed by atoms with E-state index in [0.29, 0.717) is 17.9 Å². The van der Waals surface area contributed by atoms with Crippen molar-refractivity contribution in [1.29, 1.82) is 0 Å². The van der Waals surface area contributed by atoms with Crippen LogP contribution in [0.4, 0.5) is 0 Å². The standard InChI is InChI=1S/C28H37NO4/c1-16-6-5-7-22-26(32)19(4)18(3)25-23(15-20-9-11-21(30)12-10-20)29-27(33)28(22,25)24(31)13-8-17(2)14-16/h5,7-13,16-18,22-26,30-32H,4,6,14-15H2,1-3H3,(H,29,33). The molecule has 4 N–H and O–H groups in total. The Morgan fingerprint density at radius 3 is 2.48 bits per heavy atom. The maximum atomic E-state index is 13.8. The Balaban J connectivity index is 1.82.